The molecule has 1 aromatic carbocycles. The first-order valence-electron chi connectivity index (χ1n) is 7.52. The molecule has 0 aliphatic carbocycles. The Kier molecular flexibility index (Phi) is 6.56. The average molecular weight is 277 g/mol. The molecule has 3 nitrogen and oxygen atoms in total. The molecule has 3 heteroatoms. The number of amides is 1. The summed E-state index contributed by atoms with van der Waals surface area (Å²) in [7, 11) is 0. The topological polar surface area (TPSA) is 38.3 Å². The molecule has 1 N–H and O–H groups in total. The first kappa shape index (κ1) is 16.5. The molecular formula is C17H27NO2. The normalized spacial score (nSPS) is 13.7. The largest absolute Gasteiger partial charge is 0.480 e. The second-order valence-electron chi connectivity index (χ2n) is 5.41. The summed E-state index contributed by atoms with van der Waals surface area (Å²) in [5.74, 6) is 0.782. The minimum Gasteiger partial charge on any atom is -0.480 e. The van der Waals surface area contributed by atoms with Crippen LogP contribution in [0.25, 0.3) is 0 Å². The molecule has 0 bridgehead atoms. The molecule has 2 atom stereocenters. The fraction of sp³-hybridized carbons (Fsp3) is 0.588. The number of hydrogen-bond donors (Lipinski definition) is 1. The van der Waals surface area contributed by atoms with E-state index in [2.05, 4.69) is 12.2 Å². The molecule has 0 unspecified atom stereocenters. The summed E-state index contributed by atoms with van der Waals surface area (Å²) in [6.45, 7) is 10.2. The number of ether oxygens (including phenoxy) is 1. The van der Waals surface area contributed by atoms with E-state index in [0.29, 0.717) is 6.42 Å². The van der Waals surface area contributed by atoms with E-state index in [9.17, 15) is 4.79 Å². The van der Waals surface area contributed by atoms with Crippen LogP contribution in [-0.4, -0.2) is 18.1 Å². The number of carbonyl (C=O) groups excluding carboxylic acids is 1. The van der Waals surface area contributed by atoms with Gasteiger partial charge in [-0.1, -0.05) is 32.4 Å². The molecule has 0 aromatic heterocycles. The third-order valence-corrected chi connectivity index (χ3v) is 3.60. The van der Waals surface area contributed by atoms with E-state index in [1.54, 1.807) is 0 Å². The first-order valence-corrected chi connectivity index (χ1v) is 7.52. The van der Waals surface area contributed by atoms with Gasteiger partial charge < -0.3 is 10.1 Å². The molecule has 0 radical (unpaired) electrons. The van der Waals surface area contributed by atoms with Gasteiger partial charge in [0.15, 0.2) is 6.10 Å². The Balaban J connectivity index is 2.71. The fourth-order valence-corrected chi connectivity index (χ4v) is 2.17. The van der Waals surface area contributed by atoms with Gasteiger partial charge in [0.2, 0.25) is 0 Å². The zero-order valence-electron chi connectivity index (χ0n) is 13.3. The van der Waals surface area contributed by atoms with Crippen LogP contribution < -0.4 is 10.1 Å². The highest BCUT2D eigenvalue weighted by molar-refractivity contribution is 5.81. The van der Waals surface area contributed by atoms with Gasteiger partial charge in [-0.25, -0.2) is 0 Å². The van der Waals surface area contributed by atoms with E-state index in [0.717, 1.165) is 24.2 Å². The van der Waals surface area contributed by atoms with Crippen LogP contribution in [0.1, 0.15) is 51.2 Å². The van der Waals surface area contributed by atoms with Crippen molar-refractivity contribution in [3.8, 4) is 5.75 Å². The lowest BCUT2D eigenvalue weighted by Gasteiger charge is -2.21. The van der Waals surface area contributed by atoms with E-state index in [-0.39, 0.29) is 11.9 Å². The quantitative estimate of drug-likeness (QED) is 0.824. The summed E-state index contributed by atoms with van der Waals surface area (Å²) in [5, 5.41) is 3.02. The number of nitrogens with one attached hydrogen (secondary N) is 1. The van der Waals surface area contributed by atoms with Crippen molar-refractivity contribution < 1.29 is 9.53 Å². The molecule has 0 aliphatic heterocycles. The Morgan fingerprint density at radius 2 is 2.00 bits per heavy atom. The molecule has 0 fully saturated rings. The number of hydrogen-bond acceptors (Lipinski definition) is 2. The van der Waals surface area contributed by atoms with E-state index in [1.807, 2.05) is 45.9 Å². The SMILES string of the molecule is CCC[C@H](C)NC(=O)[C@@H](CC)Oc1cccc(C)c1C. The van der Waals surface area contributed by atoms with E-state index in [4.69, 9.17) is 4.74 Å². The number of benzene rings is 1. The van der Waals surface area contributed by atoms with Crippen molar-refractivity contribution in [2.24, 2.45) is 0 Å². The molecule has 112 valence electrons. The minimum absolute atomic E-state index is 0.0191. The van der Waals surface area contributed by atoms with E-state index >= 15 is 0 Å². The van der Waals surface area contributed by atoms with Crippen molar-refractivity contribution in [1.29, 1.82) is 0 Å². The summed E-state index contributed by atoms with van der Waals surface area (Å²) < 4.78 is 5.90. The third kappa shape index (κ3) is 4.55. The highest BCUT2D eigenvalue weighted by atomic mass is 16.5. The highest BCUT2D eigenvalue weighted by Crippen LogP contribution is 2.22. The van der Waals surface area contributed by atoms with Crippen molar-refractivity contribution in [2.75, 3.05) is 0 Å². The first-order chi connectivity index (χ1) is 9.49. The molecule has 0 aliphatic rings. The zero-order chi connectivity index (χ0) is 15.1. The lowest BCUT2D eigenvalue weighted by atomic mass is 10.1. The molecular weight excluding hydrogens is 250 g/mol. The Bertz CT molecular complexity index is 443. The van der Waals surface area contributed by atoms with Crippen LogP contribution in [0.15, 0.2) is 18.2 Å². The van der Waals surface area contributed by atoms with Gasteiger partial charge >= 0.3 is 0 Å². The van der Waals surface area contributed by atoms with Crippen LogP contribution in [0.5, 0.6) is 5.75 Å². The summed E-state index contributed by atoms with van der Waals surface area (Å²) >= 11 is 0. The second-order valence-corrected chi connectivity index (χ2v) is 5.41. The van der Waals surface area contributed by atoms with Crippen molar-refractivity contribution in [1.82, 2.24) is 5.32 Å². The molecule has 0 heterocycles. The van der Waals surface area contributed by atoms with Gasteiger partial charge in [-0.2, -0.15) is 0 Å². The Morgan fingerprint density at radius 3 is 2.60 bits per heavy atom. The van der Waals surface area contributed by atoms with Crippen molar-refractivity contribution in [3.05, 3.63) is 29.3 Å². The summed E-state index contributed by atoms with van der Waals surface area (Å²) in [4.78, 5) is 12.2. The maximum absolute atomic E-state index is 12.2. The molecule has 0 saturated carbocycles. The van der Waals surface area contributed by atoms with Gasteiger partial charge in [0.25, 0.3) is 5.91 Å². The lowest BCUT2D eigenvalue weighted by Crippen LogP contribution is -2.42. The molecule has 1 rings (SSSR count). The van der Waals surface area contributed by atoms with Gasteiger partial charge in [0.1, 0.15) is 5.75 Å². The Morgan fingerprint density at radius 1 is 1.30 bits per heavy atom. The Labute approximate surface area is 122 Å². The van der Waals surface area contributed by atoms with Crippen LogP contribution in [0.3, 0.4) is 0 Å². The van der Waals surface area contributed by atoms with Gasteiger partial charge in [-0.05, 0) is 50.8 Å². The average Bonchev–Trinajstić information content (AvgIpc) is 2.40. The maximum atomic E-state index is 12.2. The van der Waals surface area contributed by atoms with Gasteiger partial charge in [0.05, 0.1) is 0 Å². The van der Waals surface area contributed by atoms with Crippen LogP contribution >= 0.6 is 0 Å². The zero-order valence-corrected chi connectivity index (χ0v) is 13.3. The Hall–Kier alpha value is -1.51. The van der Waals surface area contributed by atoms with Gasteiger partial charge in [-0.3, -0.25) is 4.79 Å². The lowest BCUT2D eigenvalue weighted by molar-refractivity contribution is -0.128. The smallest absolute Gasteiger partial charge is 0.261 e. The predicted molar refractivity (Wildman–Crippen MR) is 83.1 cm³/mol. The van der Waals surface area contributed by atoms with Crippen LogP contribution in [0.4, 0.5) is 0 Å². The summed E-state index contributed by atoms with van der Waals surface area (Å²) in [5.41, 5.74) is 2.28. The maximum Gasteiger partial charge on any atom is 0.261 e. The van der Waals surface area contributed by atoms with Crippen molar-refractivity contribution in [3.63, 3.8) is 0 Å². The van der Waals surface area contributed by atoms with Crippen molar-refractivity contribution >= 4 is 5.91 Å². The summed E-state index contributed by atoms with van der Waals surface area (Å²) in [6.07, 6.45) is 2.30. The number of carbonyl (C=O) groups is 1. The molecule has 20 heavy (non-hydrogen) atoms. The second kappa shape index (κ2) is 7.93. The van der Waals surface area contributed by atoms with Crippen LogP contribution in [0, 0.1) is 13.8 Å². The molecule has 0 spiro atoms. The standard InChI is InChI=1S/C17H27NO2/c1-6-9-13(4)18-17(19)15(7-2)20-16-11-8-10-12(3)14(16)5/h8,10-11,13,15H,6-7,9H2,1-5H3,(H,18,19)/t13-,15+/m0/s1. The molecule has 0 saturated heterocycles. The number of rotatable bonds is 7. The molecule has 1 aromatic rings. The third-order valence-electron chi connectivity index (χ3n) is 3.60. The van der Waals surface area contributed by atoms with Crippen LogP contribution in [-0.2, 0) is 4.79 Å². The van der Waals surface area contributed by atoms with Crippen molar-refractivity contribution in [2.45, 2.75) is 66.0 Å². The monoisotopic (exact) mass is 277 g/mol. The molecule has 1 amide bonds. The summed E-state index contributed by atoms with van der Waals surface area (Å²) in [6, 6.07) is 6.13. The predicted octanol–water partition coefficient (Wildman–Crippen LogP) is 3.77. The fourth-order valence-electron chi connectivity index (χ4n) is 2.17. The van der Waals surface area contributed by atoms with E-state index < -0.39 is 6.10 Å². The number of aryl methyl sites for hydroxylation is 1. The van der Waals surface area contributed by atoms with E-state index in [1.165, 1.54) is 5.56 Å². The highest BCUT2D eigenvalue weighted by Gasteiger charge is 2.20. The van der Waals surface area contributed by atoms with Gasteiger partial charge in [0, 0.05) is 6.04 Å². The minimum atomic E-state index is -0.421. The van der Waals surface area contributed by atoms with Gasteiger partial charge in [-0.15, -0.1) is 0 Å². The van der Waals surface area contributed by atoms with Crippen LogP contribution in [0.2, 0.25) is 0 Å².